The zero-order valence-corrected chi connectivity index (χ0v) is 17.3. The number of aryl methyl sites for hydroxylation is 1. The molecule has 7 heteroatoms. The summed E-state index contributed by atoms with van der Waals surface area (Å²) < 4.78 is 27.1. The summed E-state index contributed by atoms with van der Waals surface area (Å²) in [7, 11) is -3.54. The van der Waals surface area contributed by atoms with Crippen LogP contribution in [0.1, 0.15) is 41.6 Å². The van der Waals surface area contributed by atoms with E-state index in [2.05, 4.69) is 5.32 Å². The number of benzene rings is 2. The maximum absolute atomic E-state index is 12.8. The first kappa shape index (κ1) is 20.8. The molecule has 1 aliphatic heterocycles. The molecule has 28 heavy (non-hydrogen) atoms. The van der Waals surface area contributed by atoms with Gasteiger partial charge in [0.25, 0.3) is 5.91 Å². The standard InChI is InChI=1S/C21H25ClN2O3S/c22-19-11-9-17(10-12-19)6-5-13-23-21(25)18-7-4-8-20(16-18)28(26,27)24-14-2-1-3-15-24/h4,7-12,16H,1-3,5-6,13-15H2,(H,23,25). The third-order valence-electron chi connectivity index (χ3n) is 4.89. The van der Waals surface area contributed by atoms with Crippen LogP contribution < -0.4 is 5.32 Å². The molecule has 2 aromatic rings. The summed E-state index contributed by atoms with van der Waals surface area (Å²) in [6.45, 7) is 1.61. The Morgan fingerprint density at radius 2 is 1.75 bits per heavy atom. The molecule has 0 spiro atoms. The van der Waals surface area contributed by atoms with Crippen LogP contribution in [0.15, 0.2) is 53.4 Å². The van der Waals surface area contributed by atoms with Gasteiger partial charge in [0.2, 0.25) is 10.0 Å². The number of hydrogen-bond acceptors (Lipinski definition) is 3. The highest BCUT2D eigenvalue weighted by Crippen LogP contribution is 2.21. The highest BCUT2D eigenvalue weighted by atomic mass is 35.5. The van der Waals surface area contributed by atoms with E-state index in [1.54, 1.807) is 18.2 Å². The SMILES string of the molecule is O=C(NCCCc1ccc(Cl)cc1)c1cccc(S(=O)(=O)N2CCCCC2)c1. The minimum Gasteiger partial charge on any atom is -0.352 e. The second-order valence-electron chi connectivity index (χ2n) is 6.98. The summed E-state index contributed by atoms with van der Waals surface area (Å²) in [6, 6.07) is 13.9. The summed E-state index contributed by atoms with van der Waals surface area (Å²) in [6.07, 6.45) is 4.45. The summed E-state index contributed by atoms with van der Waals surface area (Å²) >= 11 is 5.87. The quantitative estimate of drug-likeness (QED) is 0.691. The molecule has 5 nitrogen and oxygen atoms in total. The van der Waals surface area contributed by atoms with Crippen molar-refractivity contribution < 1.29 is 13.2 Å². The van der Waals surface area contributed by atoms with Crippen molar-refractivity contribution in [1.82, 2.24) is 9.62 Å². The first-order chi connectivity index (χ1) is 13.5. The number of piperidine rings is 1. The molecule has 0 aromatic heterocycles. The molecule has 1 heterocycles. The fraction of sp³-hybridized carbons (Fsp3) is 0.381. The van der Waals surface area contributed by atoms with Gasteiger partial charge >= 0.3 is 0 Å². The Labute approximate surface area is 171 Å². The molecule has 1 fully saturated rings. The molecule has 0 radical (unpaired) electrons. The minimum absolute atomic E-state index is 0.184. The van der Waals surface area contributed by atoms with Gasteiger partial charge in [-0.3, -0.25) is 4.79 Å². The predicted molar refractivity (Wildman–Crippen MR) is 111 cm³/mol. The topological polar surface area (TPSA) is 66.5 Å². The van der Waals surface area contributed by atoms with Gasteiger partial charge in [-0.05, 0) is 61.6 Å². The lowest BCUT2D eigenvalue weighted by Crippen LogP contribution is -2.35. The van der Waals surface area contributed by atoms with Crippen LogP contribution in [0.2, 0.25) is 5.02 Å². The molecular formula is C21H25ClN2O3S. The number of amides is 1. The molecule has 150 valence electrons. The van der Waals surface area contributed by atoms with Crippen LogP contribution in [0.25, 0.3) is 0 Å². The molecular weight excluding hydrogens is 396 g/mol. The van der Waals surface area contributed by atoms with Gasteiger partial charge in [0.05, 0.1) is 4.90 Å². The smallest absolute Gasteiger partial charge is 0.251 e. The normalized spacial score (nSPS) is 15.3. The Balaban J connectivity index is 1.56. The number of sulfonamides is 1. The van der Waals surface area contributed by atoms with Crippen molar-refractivity contribution in [2.24, 2.45) is 0 Å². The first-order valence-electron chi connectivity index (χ1n) is 9.60. The van der Waals surface area contributed by atoms with E-state index in [9.17, 15) is 13.2 Å². The molecule has 1 saturated heterocycles. The zero-order valence-electron chi connectivity index (χ0n) is 15.7. The van der Waals surface area contributed by atoms with E-state index in [0.29, 0.717) is 30.2 Å². The van der Waals surface area contributed by atoms with Crippen molar-refractivity contribution in [2.45, 2.75) is 37.0 Å². The summed E-state index contributed by atoms with van der Waals surface area (Å²) in [5.74, 6) is -0.258. The van der Waals surface area contributed by atoms with E-state index < -0.39 is 10.0 Å². The molecule has 3 rings (SSSR count). The van der Waals surface area contributed by atoms with Gasteiger partial charge in [0.1, 0.15) is 0 Å². The van der Waals surface area contributed by atoms with Crippen LogP contribution in [0.5, 0.6) is 0 Å². The Bertz CT molecular complexity index is 908. The van der Waals surface area contributed by atoms with Crippen molar-refractivity contribution in [1.29, 1.82) is 0 Å². The van der Waals surface area contributed by atoms with Gasteiger partial charge in [-0.15, -0.1) is 0 Å². The Morgan fingerprint density at radius 3 is 2.46 bits per heavy atom. The fourth-order valence-electron chi connectivity index (χ4n) is 3.30. The van der Waals surface area contributed by atoms with Crippen molar-refractivity contribution >= 4 is 27.5 Å². The Hall–Kier alpha value is -1.89. The second-order valence-corrected chi connectivity index (χ2v) is 9.35. The van der Waals surface area contributed by atoms with Gasteiger partial charge in [-0.2, -0.15) is 4.31 Å². The molecule has 2 aromatic carbocycles. The van der Waals surface area contributed by atoms with Crippen LogP contribution in [0.3, 0.4) is 0 Å². The molecule has 0 bridgehead atoms. The average Bonchev–Trinajstić information content (AvgIpc) is 2.73. The van der Waals surface area contributed by atoms with Crippen LogP contribution in [0.4, 0.5) is 0 Å². The minimum atomic E-state index is -3.54. The lowest BCUT2D eigenvalue weighted by atomic mass is 10.1. The van der Waals surface area contributed by atoms with Crippen LogP contribution >= 0.6 is 11.6 Å². The number of halogens is 1. The number of carbonyl (C=O) groups excluding carboxylic acids is 1. The number of rotatable bonds is 7. The van der Waals surface area contributed by atoms with Crippen LogP contribution in [-0.2, 0) is 16.4 Å². The maximum Gasteiger partial charge on any atom is 0.251 e. The van der Waals surface area contributed by atoms with Crippen molar-refractivity contribution in [2.75, 3.05) is 19.6 Å². The maximum atomic E-state index is 12.8. The number of carbonyl (C=O) groups is 1. The molecule has 0 atom stereocenters. The monoisotopic (exact) mass is 420 g/mol. The van der Waals surface area contributed by atoms with E-state index in [0.717, 1.165) is 37.7 Å². The third-order valence-corrected chi connectivity index (χ3v) is 7.04. The lowest BCUT2D eigenvalue weighted by Gasteiger charge is -2.26. The summed E-state index contributed by atoms with van der Waals surface area (Å²) in [4.78, 5) is 12.6. The molecule has 0 aliphatic carbocycles. The lowest BCUT2D eigenvalue weighted by molar-refractivity contribution is 0.0953. The number of nitrogens with zero attached hydrogens (tertiary/aromatic N) is 1. The summed E-state index contributed by atoms with van der Waals surface area (Å²) in [5, 5.41) is 3.57. The van der Waals surface area contributed by atoms with E-state index in [1.807, 2.05) is 24.3 Å². The molecule has 0 saturated carbocycles. The highest BCUT2D eigenvalue weighted by molar-refractivity contribution is 7.89. The van der Waals surface area contributed by atoms with Gasteiger partial charge < -0.3 is 5.32 Å². The third kappa shape index (κ3) is 5.34. The van der Waals surface area contributed by atoms with Gasteiger partial charge in [-0.1, -0.05) is 36.2 Å². The Morgan fingerprint density at radius 1 is 1.04 bits per heavy atom. The fourth-order valence-corrected chi connectivity index (χ4v) is 4.99. The van der Waals surface area contributed by atoms with E-state index in [4.69, 9.17) is 11.6 Å². The van der Waals surface area contributed by atoms with Gasteiger partial charge in [0.15, 0.2) is 0 Å². The Kier molecular flexibility index (Phi) is 7.10. The van der Waals surface area contributed by atoms with E-state index in [1.165, 1.54) is 10.4 Å². The van der Waals surface area contributed by atoms with Crippen molar-refractivity contribution in [3.8, 4) is 0 Å². The largest absolute Gasteiger partial charge is 0.352 e. The molecule has 1 N–H and O–H groups in total. The molecule has 0 unspecified atom stereocenters. The highest BCUT2D eigenvalue weighted by Gasteiger charge is 2.26. The zero-order chi connectivity index (χ0) is 20.0. The molecule has 1 amide bonds. The number of hydrogen-bond donors (Lipinski definition) is 1. The van der Waals surface area contributed by atoms with Gasteiger partial charge in [0, 0.05) is 30.2 Å². The summed E-state index contributed by atoms with van der Waals surface area (Å²) in [5.41, 5.74) is 1.53. The van der Waals surface area contributed by atoms with Crippen LogP contribution in [-0.4, -0.2) is 38.3 Å². The average molecular weight is 421 g/mol. The number of nitrogens with one attached hydrogen (secondary N) is 1. The predicted octanol–water partition coefficient (Wildman–Crippen LogP) is 3.88. The molecule has 1 aliphatic rings. The second kappa shape index (κ2) is 9.54. The van der Waals surface area contributed by atoms with E-state index >= 15 is 0 Å². The van der Waals surface area contributed by atoms with Gasteiger partial charge in [-0.25, -0.2) is 8.42 Å². The van der Waals surface area contributed by atoms with Crippen molar-refractivity contribution in [3.63, 3.8) is 0 Å². The first-order valence-corrected chi connectivity index (χ1v) is 11.4. The van der Waals surface area contributed by atoms with E-state index in [-0.39, 0.29) is 10.8 Å². The van der Waals surface area contributed by atoms with Crippen LogP contribution in [0, 0.1) is 0 Å². The van der Waals surface area contributed by atoms with Crippen molar-refractivity contribution in [3.05, 3.63) is 64.7 Å².